The molecule has 0 aromatic heterocycles. The highest BCUT2D eigenvalue weighted by Gasteiger charge is 2.33. The molecule has 25 heavy (non-hydrogen) atoms. The molecule has 0 saturated carbocycles. The largest absolute Gasteiger partial charge is 0.442 e. The van der Waals surface area contributed by atoms with E-state index in [9.17, 15) is 14.0 Å². The molecule has 2 heterocycles. The van der Waals surface area contributed by atoms with Crippen LogP contribution >= 0.6 is 0 Å². The fourth-order valence-electron chi connectivity index (χ4n) is 3.12. The maximum Gasteiger partial charge on any atom is 0.414 e. The van der Waals surface area contributed by atoms with Gasteiger partial charge in [0.1, 0.15) is 11.9 Å². The van der Waals surface area contributed by atoms with Crippen molar-refractivity contribution in [3.05, 3.63) is 24.0 Å². The molecule has 0 radical (unpaired) electrons. The number of hydrogen-bond donors (Lipinski definition) is 1. The zero-order valence-corrected chi connectivity index (χ0v) is 14.3. The van der Waals surface area contributed by atoms with E-state index >= 15 is 0 Å². The molecule has 0 unspecified atom stereocenters. The zero-order chi connectivity index (χ0) is 18.0. The Labute approximate surface area is 145 Å². The molecule has 1 N–H and O–H groups in total. The van der Waals surface area contributed by atoms with Crippen LogP contribution in [0.1, 0.15) is 6.92 Å². The number of amides is 2. The Bertz CT molecular complexity index is 663. The number of halogens is 1. The van der Waals surface area contributed by atoms with E-state index in [-0.39, 0.29) is 24.8 Å². The summed E-state index contributed by atoms with van der Waals surface area (Å²) in [7, 11) is 1.66. The summed E-state index contributed by atoms with van der Waals surface area (Å²) >= 11 is 0. The van der Waals surface area contributed by atoms with E-state index in [1.807, 2.05) is 4.90 Å². The predicted molar refractivity (Wildman–Crippen MR) is 90.3 cm³/mol. The van der Waals surface area contributed by atoms with Crippen LogP contribution in [0.25, 0.3) is 0 Å². The average Bonchev–Trinajstić information content (AvgIpc) is 2.90. The fourth-order valence-corrected chi connectivity index (χ4v) is 3.12. The number of cyclic esters (lactones) is 1. The molecule has 1 aromatic carbocycles. The molecule has 1 aromatic rings. The van der Waals surface area contributed by atoms with Crippen LogP contribution in [0.5, 0.6) is 0 Å². The second-order valence-electron chi connectivity index (χ2n) is 6.42. The Hall–Kier alpha value is -2.35. The Kier molecular flexibility index (Phi) is 5.08. The van der Waals surface area contributed by atoms with Gasteiger partial charge in [-0.3, -0.25) is 9.69 Å². The van der Waals surface area contributed by atoms with Crippen LogP contribution in [0.15, 0.2) is 18.2 Å². The molecule has 2 fully saturated rings. The van der Waals surface area contributed by atoms with E-state index in [0.717, 1.165) is 13.1 Å². The summed E-state index contributed by atoms with van der Waals surface area (Å²) in [6, 6.07) is 4.74. The number of carbonyl (C=O) groups is 2. The second-order valence-corrected chi connectivity index (χ2v) is 6.42. The van der Waals surface area contributed by atoms with Gasteiger partial charge in [-0.05, 0) is 18.2 Å². The van der Waals surface area contributed by atoms with Gasteiger partial charge in [0.2, 0.25) is 5.91 Å². The lowest BCUT2D eigenvalue weighted by molar-refractivity contribution is -0.119. The molecule has 2 amide bonds. The molecule has 7 nitrogen and oxygen atoms in total. The first-order valence-corrected chi connectivity index (χ1v) is 8.24. The van der Waals surface area contributed by atoms with Gasteiger partial charge in [0.25, 0.3) is 0 Å². The molecule has 136 valence electrons. The van der Waals surface area contributed by atoms with Gasteiger partial charge in [0.05, 0.1) is 31.1 Å². The number of ether oxygens (including phenoxy) is 2. The third-order valence-electron chi connectivity index (χ3n) is 4.40. The summed E-state index contributed by atoms with van der Waals surface area (Å²) in [6.45, 7) is 4.11. The highest BCUT2D eigenvalue weighted by Crippen LogP contribution is 2.31. The van der Waals surface area contributed by atoms with Gasteiger partial charge in [0.15, 0.2) is 0 Å². The number of rotatable bonds is 6. The SMILES string of the molecule is COCC1CN(c2ccc(N3C[C@H](CNC(C)=O)OC3=O)cc2F)C1. The average molecular weight is 351 g/mol. The minimum Gasteiger partial charge on any atom is -0.442 e. The number of nitrogens with one attached hydrogen (secondary N) is 1. The van der Waals surface area contributed by atoms with Crippen LogP contribution in [0.2, 0.25) is 0 Å². The second kappa shape index (κ2) is 7.26. The summed E-state index contributed by atoms with van der Waals surface area (Å²) in [5, 5.41) is 2.61. The van der Waals surface area contributed by atoms with Crippen molar-refractivity contribution in [2.24, 2.45) is 5.92 Å². The molecular weight excluding hydrogens is 329 g/mol. The van der Waals surface area contributed by atoms with Crippen LogP contribution in [0.3, 0.4) is 0 Å². The van der Waals surface area contributed by atoms with Gasteiger partial charge >= 0.3 is 6.09 Å². The topological polar surface area (TPSA) is 71.1 Å². The number of carbonyl (C=O) groups excluding carboxylic acids is 2. The summed E-state index contributed by atoms with van der Waals surface area (Å²) < 4.78 is 24.8. The van der Waals surface area contributed by atoms with E-state index in [1.54, 1.807) is 19.2 Å². The van der Waals surface area contributed by atoms with Crippen molar-refractivity contribution in [2.75, 3.05) is 49.7 Å². The number of methoxy groups -OCH3 is 1. The Morgan fingerprint density at radius 3 is 2.80 bits per heavy atom. The van der Waals surface area contributed by atoms with E-state index in [0.29, 0.717) is 23.9 Å². The van der Waals surface area contributed by atoms with Crippen LogP contribution in [0.4, 0.5) is 20.6 Å². The van der Waals surface area contributed by atoms with Crippen molar-refractivity contribution in [2.45, 2.75) is 13.0 Å². The van der Waals surface area contributed by atoms with Crippen molar-refractivity contribution in [3.8, 4) is 0 Å². The highest BCUT2D eigenvalue weighted by molar-refractivity contribution is 5.90. The van der Waals surface area contributed by atoms with Gasteiger partial charge in [-0.25, -0.2) is 9.18 Å². The number of benzene rings is 1. The molecule has 2 aliphatic heterocycles. The smallest absolute Gasteiger partial charge is 0.414 e. The van der Waals surface area contributed by atoms with Crippen molar-refractivity contribution >= 4 is 23.4 Å². The van der Waals surface area contributed by atoms with Gasteiger partial charge < -0.3 is 19.7 Å². The monoisotopic (exact) mass is 351 g/mol. The Balaban J connectivity index is 1.63. The van der Waals surface area contributed by atoms with Crippen molar-refractivity contribution in [3.63, 3.8) is 0 Å². The quantitative estimate of drug-likeness (QED) is 0.838. The molecular formula is C17H22FN3O4. The number of nitrogens with zero attached hydrogens (tertiary/aromatic N) is 2. The Morgan fingerprint density at radius 1 is 1.40 bits per heavy atom. The van der Waals surface area contributed by atoms with Gasteiger partial charge in [-0.1, -0.05) is 0 Å². The molecule has 2 saturated heterocycles. The van der Waals surface area contributed by atoms with Gasteiger partial charge in [-0.2, -0.15) is 0 Å². The van der Waals surface area contributed by atoms with Crippen molar-refractivity contribution in [1.82, 2.24) is 5.32 Å². The fraction of sp³-hybridized carbons (Fsp3) is 0.529. The number of anilines is 2. The lowest BCUT2D eigenvalue weighted by atomic mass is 10.00. The zero-order valence-electron chi connectivity index (χ0n) is 14.3. The van der Waals surface area contributed by atoms with Crippen molar-refractivity contribution in [1.29, 1.82) is 0 Å². The van der Waals surface area contributed by atoms with Gasteiger partial charge in [-0.15, -0.1) is 0 Å². The maximum absolute atomic E-state index is 14.5. The van der Waals surface area contributed by atoms with E-state index in [2.05, 4.69) is 5.32 Å². The third kappa shape index (κ3) is 3.84. The molecule has 2 aliphatic rings. The summed E-state index contributed by atoms with van der Waals surface area (Å²) in [5.41, 5.74) is 0.976. The first kappa shape index (κ1) is 17.5. The lowest BCUT2D eigenvalue weighted by Gasteiger charge is -2.40. The van der Waals surface area contributed by atoms with E-state index in [4.69, 9.17) is 9.47 Å². The van der Waals surface area contributed by atoms with Crippen LogP contribution in [-0.2, 0) is 14.3 Å². The van der Waals surface area contributed by atoms with E-state index < -0.39 is 12.2 Å². The summed E-state index contributed by atoms with van der Waals surface area (Å²) in [4.78, 5) is 26.3. The molecule has 1 atom stereocenters. The van der Waals surface area contributed by atoms with Crippen LogP contribution < -0.4 is 15.1 Å². The third-order valence-corrected chi connectivity index (χ3v) is 4.40. The maximum atomic E-state index is 14.5. The van der Waals surface area contributed by atoms with Gasteiger partial charge in [0, 0.05) is 33.0 Å². The lowest BCUT2D eigenvalue weighted by Crippen LogP contribution is -2.49. The standard InChI is InChI=1S/C17H22FN3O4/c1-11(22)19-6-14-9-21(17(23)25-14)13-3-4-16(15(18)5-13)20-7-12(8-20)10-24-2/h3-5,12,14H,6-10H2,1-2H3,(H,19,22)/t14-/m0/s1. The normalized spacial score (nSPS) is 20.4. The van der Waals surface area contributed by atoms with Crippen molar-refractivity contribution < 1.29 is 23.5 Å². The molecule has 0 bridgehead atoms. The summed E-state index contributed by atoms with van der Waals surface area (Å²) in [6.07, 6.45) is -0.976. The van der Waals surface area contributed by atoms with Crippen LogP contribution in [-0.4, -0.2) is 58.0 Å². The minimum atomic E-state index is -0.536. The number of hydrogen-bond acceptors (Lipinski definition) is 5. The molecule has 0 spiro atoms. The highest BCUT2D eigenvalue weighted by atomic mass is 19.1. The molecule has 3 rings (SSSR count). The molecule has 8 heteroatoms. The predicted octanol–water partition coefficient (Wildman–Crippen LogP) is 1.37. The molecule has 0 aliphatic carbocycles. The first-order valence-electron chi connectivity index (χ1n) is 8.24. The van der Waals surface area contributed by atoms with Crippen LogP contribution in [0, 0.1) is 11.7 Å². The Morgan fingerprint density at radius 2 is 2.16 bits per heavy atom. The minimum absolute atomic E-state index is 0.189. The summed E-state index contributed by atoms with van der Waals surface area (Å²) in [5.74, 6) is -0.134. The first-order chi connectivity index (χ1) is 12.0. The van der Waals surface area contributed by atoms with E-state index in [1.165, 1.54) is 17.9 Å².